The highest BCUT2D eigenvalue weighted by atomic mass is 35.5. The van der Waals surface area contributed by atoms with Gasteiger partial charge in [-0.2, -0.15) is 5.10 Å². The van der Waals surface area contributed by atoms with Gasteiger partial charge < -0.3 is 10.3 Å². The van der Waals surface area contributed by atoms with Crippen molar-refractivity contribution >= 4 is 28.6 Å². The van der Waals surface area contributed by atoms with Gasteiger partial charge >= 0.3 is 0 Å². The number of halogens is 2. The van der Waals surface area contributed by atoms with Crippen molar-refractivity contribution in [2.24, 2.45) is 0 Å². The van der Waals surface area contributed by atoms with Crippen LogP contribution in [0.2, 0.25) is 5.02 Å². The molecule has 0 saturated heterocycles. The fraction of sp³-hybridized carbons (Fsp3) is 0.231. The lowest BCUT2D eigenvalue weighted by molar-refractivity contribution is 0.534. The number of nitrogens with zero attached hydrogens (tertiary/aromatic N) is 4. The van der Waals surface area contributed by atoms with Crippen molar-refractivity contribution in [3.63, 3.8) is 0 Å². The molecular formula is C13H13ClFN5. The molecule has 0 spiro atoms. The van der Waals surface area contributed by atoms with Crippen molar-refractivity contribution in [1.82, 2.24) is 19.3 Å². The molecule has 2 aromatic heterocycles. The highest BCUT2D eigenvalue weighted by molar-refractivity contribution is 6.31. The Bertz CT molecular complexity index is 735. The van der Waals surface area contributed by atoms with E-state index in [1.165, 1.54) is 12.1 Å². The Kier molecular flexibility index (Phi) is 3.31. The van der Waals surface area contributed by atoms with E-state index >= 15 is 0 Å². The molecule has 0 bridgehead atoms. The Hall–Kier alpha value is -2.08. The summed E-state index contributed by atoms with van der Waals surface area (Å²) in [6.45, 7) is 1.41. The lowest BCUT2D eigenvalue weighted by atomic mass is 10.3. The second-order valence-corrected chi connectivity index (χ2v) is 4.91. The third kappa shape index (κ3) is 2.34. The summed E-state index contributed by atoms with van der Waals surface area (Å²) in [7, 11) is 0. The number of hydrogen-bond donors (Lipinski definition) is 1. The second kappa shape index (κ2) is 5.13. The quantitative estimate of drug-likeness (QED) is 0.804. The highest BCUT2D eigenvalue weighted by Gasteiger charge is 2.11. The molecule has 2 heterocycles. The predicted molar refractivity (Wildman–Crippen MR) is 76.0 cm³/mol. The molecule has 0 aliphatic heterocycles. The zero-order valence-electron chi connectivity index (χ0n) is 10.6. The van der Waals surface area contributed by atoms with Crippen molar-refractivity contribution in [2.45, 2.75) is 19.5 Å². The van der Waals surface area contributed by atoms with Crippen molar-refractivity contribution in [2.75, 3.05) is 5.73 Å². The maximum Gasteiger partial charge on any atom is 0.201 e. The van der Waals surface area contributed by atoms with Crippen LogP contribution < -0.4 is 5.73 Å². The Balaban J connectivity index is 1.83. The molecule has 3 aromatic rings. The molecule has 104 valence electrons. The van der Waals surface area contributed by atoms with Gasteiger partial charge in [0.15, 0.2) is 0 Å². The fourth-order valence-corrected chi connectivity index (χ4v) is 2.36. The minimum absolute atomic E-state index is 0.0543. The Morgan fingerprint density at radius 1 is 1.30 bits per heavy atom. The van der Waals surface area contributed by atoms with Crippen LogP contribution in [0.4, 0.5) is 10.3 Å². The third-order valence-electron chi connectivity index (χ3n) is 3.15. The molecule has 3 rings (SSSR count). The molecule has 0 atom stereocenters. The monoisotopic (exact) mass is 293 g/mol. The first-order chi connectivity index (χ1) is 9.65. The van der Waals surface area contributed by atoms with Crippen molar-refractivity contribution < 1.29 is 4.39 Å². The first-order valence-corrected chi connectivity index (χ1v) is 6.61. The number of benzene rings is 1. The van der Waals surface area contributed by atoms with Gasteiger partial charge in [-0.3, -0.25) is 4.68 Å². The maximum atomic E-state index is 13.6. The number of fused-ring (bicyclic) bond motifs is 1. The zero-order chi connectivity index (χ0) is 14.1. The van der Waals surface area contributed by atoms with E-state index in [0.29, 0.717) is 23.5 Å². The summed E-state index contributed by atoms with van der Waals surface area (Å²) < 4.78 is 17.2. The highest BCUT2D eigenvalue weighted by Crippen LogP contribution is 2.24. The third-order valence-corrected chi connectivity index (χ3v) is 3.44. The maximum absolute atomic E-state index is 13.6. The number of rotatable bonds is 4. The van der Waals surface area contributed by atoms with Gasteiger partial charge in [-0.05, 0) is 18.6 Å². The SMILES string of the molecule is Nc1nc2cc(Cl)c(F)cc2n1CCCn1cccn1. The van der Waals surface area contributed by atoms with Gasteiger partial charge in [0.1, 0.15) is 5.82 Å². The van der Waals surface area contributed by atoms with Gasteiger partial charge in [-0.15, -0.1) is 0 Å². The zero-order valence-corrected chi connectivity index (χ0v) is 11.4. The lowest BCUT2D eigenvalue weighted by Crippen LogP contribution is -2.07. The van der Waals surface area contributed by atoms with E-state index in [2.05, 4.69) is 10.1 Å². The number of imidazole rings is 1. The van der Waals surface area contributed by atoms with E-state index in [1.54, 1.807) is 10.8 Å². The molecule has 2 N–H and O–H groups in total. The Morgan fingerprint density at radius 2 is 2.15 bits per heavy atom. The molecule has 5 nitrogen and oxygen atoms in total. The smallest absolute Gasteiger partial charge is 0.201 e. The van der Waals surface area contributed by atoms with E-state index in [9.17, 15) is 4.39 Å². The minimum atomic E-state index is -0.465. The van der Waals surface area contributed by atoms with Gasteiger partial charge in [-0.1, -0.05) is 11.6 Å². The molecule has 0 aliphatic rings. The topological polar surface area (TPSA) is 61.7 Å². The molecule has 1 aromatic carbocycles. The number of nitrogens with two attached hydrogens (primary N) is 1. The van der Waals surface area contributed by atoms with E-state index in [-0.39, 0.29) is 5.02 Å². The van der Waals surface area contributed by atoms with Crippen LogP contribution in [0.1, 0.15) is 6.42 Å². The number of aryl methyl sites for hydroxylation is 2. The van der Waals surface area contributed by atoms with Gasteiger partial charge in [0, 0.05) is 31.5 Å². The summed E-state index contributed by atoms with van der Waals surface area (Å²) in [4.78, 5) is 4.20. The van der Waals surface area contributed by atoms with Gasteiger partial charge in [0.05, 0.1) is 16.1 Å². The van der Waals surface area contributed by atoms with E-state index in [4.69, 9.17) is 17.3 Å². The first-order valence-electron chi connectivity index (χ1n) is 6.23. The largest absolute Gasteiger partial charge is 0.369 e. The van der Waals surface area contributed by atoms with Gasteiger partial charge in [0.2, 0.25) is 5.95 Å². The van der Waals surface area contributed by atoms with Crippen molar-refractivity contribution in [3.8, 4) is 0 Å². The number of anilines is 1. The standard InChI is InChI=1S/C13H13ClFN5/c14-9-7-11-12(8-10(9)15)20(13(16)18-11)6-2-5-19-4-1-3-17-19/h1,3-4,7-8H,2,5-6H2,(H2,16,18). The fourth-order valence-electron chi connectivity index (χ4n) is 2.20. The summed E-state index contributed by atoms with van der Waals surface area (Å²) in [5, 5.41) is 4.18. The molecule has 0 radical (unpaired) electrons. The van der Waals surface area contributed by atoms with Crippen LogP contribution in [0.15, 0.2) is 30.6 Å². The van der Waals surface area contributed by atoms with Crippen LogP contribution in [0.5, 0.6) is 0 Å². The van der Waals surface area contributed by atoms with Crippen LogP contribution in [-0.4, -0.2) is 19.3 Å². The molecule has 7 heteroatoms. The van der Waals surface area contributed by atoms with Crippen LogP contribution in [-0.2, 0) is 13.1 Å². The molecule has 20 heavy (non-hydrogen) atoms. The number of aromatic nitrogens is 4. The second-order valence-electron chi connectivity index (χ2n) is 4.50. The van der Waals surface area contributed by atoms with E-state index in [1.807, 2.05) is 16.9 Å². The van der Waals surface area contributed by atoms with E-state index < -0.39 is 5.82 Å². The lowest BCUT2D eigenvalue weighted by Gasteiger charge is -2.07. The van der Waals surface area contributed by atoms with Crippen LogP contribution in [0.25, 0.3) is 11.0 Å². The molecule has 0 aliphatic carbocycles. The summed E-state index contributed by atoms with van der Waals surface area (Å²) in [6, 6.07) is 4.74. The summed E-state index contributed by atoms with van der Waals surface area (Å²) in [5.41, 5.74) is 7.14. The minimum Gasteiger partial charge on any atom is -0.369 e. The van der Waals surface area contributed by atoms with Gasteiger partial charge in [0.25, 0.3) is 0 Å². The normalized spacial score (nSPS) is 11.3. The number of nitrogen functional groups attached to an aromatic ring is 1. The average molecular weight is 294 g/mol. The predicted octanol–water partition coefficient (Wildman–Crippen LogP) is 2.70. The van der Waals surface area contributed by atoms with Crippen LogP contribution >= 0.6 is 11.6 Å². The van der Waals surface area contributed by atoms with Crippen LogP contribution in [0.3, 0.4) is 0 Å². The molecular weight excluding hydrogens is 281 g/mol. The molecule has 0 amide bonds. The van der Waals surface area contributed by atoms with Crippen molar-refractivity contribution in [1.29, 1.82) is 0 Å². The average Bonchev–Trinajstić information content (AvgIpc) is 3.01. The first kappa shape index (κ1) is 12.9. The Labute approximate surface area is 119 Å². The van der Waals surface area contributed by atoms with Crippen molar-refractivity contribution in [3.05, 3.63) is 41.4 Å². The summed E-state index contributed by atoms with van der Waals surface area (Å²) in [6.07, 6.45) is 4.45. The van der Waals surface area contributed by atoms with E-state index in [0.717, 1.165) is 13.0 Å². The molecule has 0 saturated carbocycles. The van der Waals surface area contributed by atoms with Crippen LogP contribution in [0, 0.1) is 5.82 Å². The summed E-state index contributed by atoms with van der Waals surface area (Å²) in [5.74, 6) is -0.102. The Morgan fingerprint density at radius 3 is 2.90 bits per heavy atom. The summed E-state index contributed by atoms with van der Waals surface area (Å²) >= 11 is 5.74. The van der Waals surface area contributed by atoms with Gasteiger partial charge in [-0.25, -0.2) is 9.37 Å². The molecule has 0 unspecified atom stereocenters. The number of hydrogen-bond acceptors (Lipinski definition) is 3. The molecule has 0 fully saturated rings.